The molecule has 0 bridgehead atoms. The third-order valence-electron chi connectivity index (χ3n) is 3.25. The summed E-state index contributed by atoms with van der Waals surface area (Å²) in [5.41, 5.74) is 3.82. The van der Waals surface area contributed by atoms with Crippen molar-refractivity contribution in [2.45, 2.75) is 26.7 Å². The van der Waals surface area contributed by atoms with E-state index in [1.165, 1.54) is 29.7 Å². The Morgan fingerprint density at radius 1 is 1.41 bits per heavy atom. The Morgan fingerprint density at radius 2 is 2.24 bits per heavy atom. The summed E-state index contributed by atoms with van der Waals surface area (Å²) in [4.78, 5) is 0. The summed E-state index contributed by atoms with van der Waals surface area (Å²) in [5.74, 6) is 0.649. The number of benzene rings is 1. The molecule has 1 saturated heterocycles. The normalized spacial score (nSPS) is 20.3. The maximum atomic E-state index is 5.50. The monoisotopic (exact) mass is 297 g/mol. The maximum Gasteiger partial charge on any atom is 0.0514 e. The van der Waals surface area contributed by atoms with Crippen LogP contribution >= 0.6 is 15.9 Å². The number of nitrogens with one attached hydrogen (secondary N) is 1. The Balaban J connectivity index is 1.98. The van der Waals surface area contributed by atoms with Crippen LogP contribution in [0.25, 0.3) is 0 Å². The van der Waals surface area contributed by atoms with E-state index in [4.69, 9.17) is 4.74 Å². The molecule has 94 valence electrons. The molecule has 2 rings (SSSR count). The fourth-order valence-electron chi connectivity index (χ4n) is 2.35. The van der Waals surface area contributed by atoms with Crippen molar-refractivity contribution < 1.29 is 4.74 Å². The molecule has 0 spiro atoms. The van der Waals surface area contributed by atoms with E-state index in [0.717, 1.165) is 24.2 Å². The van der Waals surface area contributed by atoms with Crippen molar-refractivity contribution >= 4 is 21.6 Å². The number of rotatable bonds is 3. The fourth-order valence-corrected chi connectivity index (χ4v) is 3.17. The van der Waals surface area contributed by atoms with Crippen LogP contribution < -0.4 is 5.32 Å². The van der Waals surface area contributed by atoms with E-state index < -0.39 is 0 Å². The number of aryl methyl sites for hydroxylation is 2. The third-order valence-corrected chi connectivity index (χ3v) is 3.88. The summed E-state index contributed by atoms with van der Waals surface area (Å²) in [6.07, 6.45) is 2.47. The molecule has 1 aliphatic rings. The molecule has 17 heavy (non-hydrogen) atoms. The zero-order valence-corrected chi connectivity index (χ0v) is 12.1. The standard InChI is InChI=1S/C14H20BrNO/c1-10-6-11(2)14(13(15)7-10)16-8-12-4-3-5-17-9-12/h6-7,12,16H,3-5,8-9H2,1-2H3. The minimum absolute atomic E-state index is 0.649. The number of hydrogen-bond acceptors (Lipinski definition) is 2. The lowest BCUT2D eigenvalue weighted by Crippen LogP contribution is -2.24. The van der Waals surface area contributed by atoms with Gasteiger partial charge in [-0.15, -0.1) is 0 Å². The molecule has 1 aliphatic heterocycles. The van der Waals surface area contributed by atoms with E-state index in [1.807, 2.05) is 0 Å². The Labute approximate surface area is 112 Å². The number of anilines is 1. The molecule has 0 saturated carbocycles. The van der Waals surface area contributed by atoms with E-state index in [0.29, 0.717) is 5.92 Å². The molecular weight excluding hydrogens is 278 g/mol. The predicted octanol–water partition coefficient (Wildman–Crippen LogP) is 3.90. The van der Waals surface area contributed by atoms with Gasteiger partial charge in [0, 0.05) is 17.6 Å². The average molecular weight is 298 g/mol. The lowest BCUT2D eigenvalue weighted by Gasteiger charge is -2.23. The lowest BCUT2D eigenvalue weighted by molar-refractivity contribution is 0.0595. The molecule has 1 aromatic rings. The van der Waals surface area contributed by atoms with Crippen molar-refractivity contribution in [1.29, 1.82) is 0 Å². The van der Waals surface area contributed by atoms with Gasteiger partial charge in [-0.25, -0.2) is 0 Å². The van der Waals surface area contributed by atoms with Crippen LogP contribution in [0.1, 0.15) is 24.0 Å². The van der Waals surface area contributed by atoms with Gasteiger partial charge in [0.15, 0.2) is 0 Å². The van der Waals surface area contributed by atoms with Crippen molar-refractivity contribution in [3.63, 3.8) is 0 Å². The second kappa shape index (κ2) is 5.87. The molecular formula is C14H20BrNO. The van der Waals surface area contributed by atoms with Crippen molar-refractivity contribution in [2.24, 2.45) is 5.92 Å². The van der Waals surface area contributed by atoms with E-state index in [1.54, 1.807) is 0 Å². The van der Waals surface area contributed by atoms with Gasteiger partial charge in [-0.2, -0.15) is 0 Å². The van der Waals surface area contributed by atoms with Crippen LogP contribution in [0.3, 0.4) is 0 Å². The van der Waals surface area contributed by atoms with Crippen LogP contribution in [-0.4, -0.2) is 19.8 Å². The number of halogens is 1. The highest BCUT2D eigenvalue weighted by molar-refractivity contribution is 9.10. The molecule has 1 heterocycles. The zero-order chi connectivity index (χ0) is 12.3. The molecule has 1 aromatic carbocycles. The van der Waals surface area contributed by atoms with Gasteiger partial charge in [0.1, 0.15) is 0 Å². The Bertz CT molecular complexity index is 363. The highest BCUT2D eigenvalue weighted by Crippen LogP contribution is 2.28. The molecule has 1 N–H and O–H groups in total. The van der Waals surface area contributed by atoms with Crippen molar-refractivity contribution in [3.05, 3.63) is 27.7 Å². The number of hydrogen-bond donors (Lipinski definition) is 1. The van der Waals surface area contributed by atoms with Gasteiger partial charge in [0.25, 0.3) is 0 Å². The molecule has 1 atom stereocenters. The van der Waals surface area contributed by atoms with Crippen LogP contribution in [0.4, 0.5) is 5.69 Å². The van der Waals surface area contributed by atoms with Crippen LogP contribution in [0, 0.1) is 19.8 Å². The lowest BCUT2D eigenvalue weighted by atomic mass is 10.0. The first-order valence-electron chi connectivity index (χ1n) is 6.25. The Kier molecular flexibility index (Phi) is 4.46. The minimum atomic E-state index is 0.649. The van der Waals surface area contributed by atoms with Crippen molar-refractivity contribution in [1.82, 2.24) is 0 Å². The highest BCUT2D eigenvalue weighted by Gasteiger charge is 2.14. The highest BCUT2D eigenvalue weighted by atomic mass is 79.9. The molecule has 0 radical (unpaired) electrons. The fraction of sp³-hybridized carbons (Fsp3) is 0.571. The van der Waals surface area contributed by atoms with Gasteiger partial charge in [-0.3, -0.25) is 0 Å². The number of ether oxygens (including phenoxy) is 1. The smallest absolute Gasteiger partial charge is 0.0514 e. The topological polar surface area (TPSA) is 21.3 Å². The summed E-state index contributed by atoms with van der Waals surface area (Å²) < 4.78 is 6.66. The average Bonchev–Trinajstić information content (AvgIpc) is 2.29. The van der Waals surface area contributed by atoms with Crippen LogP contribution in [0.2, 0.25) is 0 Å². The molecule has 1 unspecified atom stereocenters. The van der Waals surface area contributed by atoms with Gasteiger partial charge in [0.2, 0.25) is 0 Å². The summed E-state index contributed by atoms with van der Waals surface area (Å²) in [6, 6.07) is 4.37. The first-order chi connectivity index (χ1) is 8.16. The zero-order valence-electron chi connectivity index (χ0n) is 10.6. The quantitative estimate of drug-likeness (QED) is 0.913. The first-order valence-corrected chi connectivity index (χ1v) is 7.04. The molecule has 1 fully saturated rings. The van der Waals surface area contributed by atoms with E-state index >= 15 is 0 Å². The SMILES string of the molecule is Cc1cc(C)c(NCC2CCCOC2)c(Br)c1. The maximum absolute atomic E-state index is 5.50. The molecule has 0 amide bonds. The second-order valence-corrected chi connectivity index (χ2v) is 5.76. The van der Waals surface area contributed by atoms with Gasteiger partial charge >= 0.3 is 0 Å². The Morgan fingerprint density at radius 3 is 2.88 bits per heavy atom. The van der Waals surface area contributed by atoms with Gasteiger partial charge < -0.3 is 10.1 Å². The Hall–Kier alpha value is -0.540. The van der Waals surface area contributed by atoms with E-state index in [2.05, 4.69) is 47.2 Å². The van der Waals surface area contributed by atoms with Crippen LogP contribution in [-0.2, 0) is 4.74 Å². The van der Waals surface area contributed by atoms with E-state index in [-0.39, 0.29) is 0 Å². The van der Waals surface area contributed by atoms with Crippen LogP contribution in [0.15, 0.2) is 16.6 Å². The van der Waals surface area contributed by atoms with E-state index in [9.17, 15) is 0 Å². The molecule has 0 aromatic heterocycles. The predicted molar refractivity (Wildman–Crippen MR) is 75.6 cm³/mol. The summed E-state index contributed by atoms with van der Waals surface area (Å²) >= 11 is 3.63. The second-order valence-electron chi connectivity index (χ2n) is 4.90. The van der Waals surface area contributed by atoms with Crippen molar-refractivity contribution in [3.8, 4) is 0 Å². The largest absolute Gasteiger partial charge is 0.384 e. The van der Waals surface area contributed by atoms with Crippen molar-refractivity contribution in [2.75, 3.05) is 25.1 Å². The summed E-state index contributed by atoms with van der Waals surface area (Å²) in [6.45, 7) is 7.11. The molecule has 2 nitrogen and oxygen atoms in total. The summed E-state index contributed by atoms with van der Waals surface area (Å²) in [5, 5.41) is 3.55. The molecule has 0 aliphatic carbocycles. The first kappa shape index (κ1) is 12.9. The summed E-state index contributed by atoms with van der Waals surface area (Å²) in [7, 11) is 0. The van der Waals surface area contributed by atoms with Crippen LogP contribution in [0.5, 0.6) is 0 Å². The third kappa shape index (κ3) is 3.46. The minimum Gasteiger partial charge on any atom is -0.384 e. The molecule has 3 heteroatoms. The van der Waals surface area contributed by atoms with Gasteiger partial charge in [0.05, 0.1) is 12.3 Å². The van der Waals surface area contributed by atoms with Gasteiger partial charge in [-0.1, -0.05) is 6.07 Å². The van der Waals surface area contributed by atoms with Gasteiger partial charge in [-0.05, 0) is 65.7 Å².